The Morgan fingerprint density at radius 2 is 1.21 bits per heavy atom. The van der Waals surface area contributed by atoms with Crippen molar-refractivity contribution in [2.75, 3.05) is 4.90 Å². The Hall–Kier alpha value is -4.62. The second kappa shape index (κ2) is 8.69. The van der Waals surface area contributed by atoms with Crippen LogP contribution in [0, 0.1) is 5.92 Å². The van der Waals surface area contributed by atoms with E-state index >= 15 is 0 Å². The van der Waals surface area contributed by atoms with Gasteiger partial charge in [0.25, 0.3) is 0 Å². The van der Waals surface area contributed by atoms with E-state index in [-0.39, 0.29) is 5.54 Å². The molecule has 3 atom stereocenters. The van der Waals surface area contributed by atoms with E-state index < -0.39 is 0 Å². The number of rotatable bonds is 3. The molecule has 2 aliphatic rings. The summed E-state index contributed by atoms with van der Waals surface area (Å²) in [6, 6.07) is 47.7. The zero-order chi connectivity index (χ0) is 28.0. The highest BCUT2D eigenvalue weighted by atomic mass is 15.2. The molecular weight excluding hydrogens is 506 g/mol. The molecule has 1 aliphatic heterocycles. The Labute approximate surface area is 247 Å². The number of hydrogen-bond donors (Lipinski definition) is 0. The summed E-state index contributed by atoms with van der Waals surface area (Å²) in [7, 11) is 0. The van der Waals surface area contributed by atoms with Crippen molar-refractivity contribution in [2.24, 2.45) is 5.92 Å². The first kappa shape index (κ1) is 24.0. The molecule has 0 bridgehead atoms. The maximum Gasteiger partial charge on any atom is 0.0495 e. The number of nitrogens with zero attached hydrogens (tertiary/aromatic N) is 1. The van der Waals surface area contributed by atoms with Gasteiger partial charge >= 0.3 is 0 Å². The summed E-state index contributed by atoms with van der Waals surface area (Å²) in [5.74, 6) is 1.19. The first-order valence-corrected chi connectivity index (χ1v) is 15.4. The van der Waals surface area contributed by atoms with Crippen molar-refractivity contribution in [1.29, 1.82) is 0 Å². The fraction of sp³-hybridized carbons (Fsp3) is 0.171. The molecule has 1 saturated carbocycles. The fourth-order valence-corrected chi connectivity index (χ4v) is 8.73. The van der Waals surface area contributed by atoms with E-state index in [1.54, 1.807) is 0 Å². The number of hydrogen-bond acceptors (Lipinski definition) is 1. The number of para-hydroxylation sites is 1. The molecule has 42 heavy (non-hydrogen) atoms. The molecule has 3 unspecified atom stereocenters. The van der Waals surface area contributed by atoms with Crippen LogP contribution in [0.5, 0.6) is 0 Å². The van der Waals surface area contributed by atoms with E-state index in [0.29, 0.717) is 11.8 Å². The van der Waals surface area contributed by atoms with Crippen LogP contribution < -0.4 is 4.90 Å². The minimum atomic E-state index is 0.109. The smallest absolute Gasteiger partial charge is 0.0495 e. The average molecular weight is 540 g/mol. The molecule has 0 aromatic heterocycles. The van der Waals surface area contributed by atoms with Crippen molar-refractivity contribution < 1.29 is 0 Å². The minimum Gasteiger partial charge on any atom is -0.335 e. The van der Waals surface area contributed by atoms with Gasteiger partial charge < -0.3 is 4.90 Å². The Bertz CT molecular complexity index is 2130. The second-order valence-electron chi connectivity index (χ2n) is 12.8. The molecule has 9 rings (SSSR count). The monoisotopic (exact) mass is 539 g/mol. The molecule has 7 aromatic rings. The van der Waals surface area contributed by atoms with Crippen LogP contribution >= 0.6 is 0 Å². The number of fused-ring (bicyclic) bond motifs is 3. The largest absolute Gasteiger partial charge is 0.335 e. The van der Waals surface area contributed by atoms with Gasteiger partial charge in [0.15, 0.2) is 0 Å². The maximum absolute atomic E-state index is 2.65. The Kier molecular flexibility index (Phi) is 4.97. The summed E-state index contributed by atoms with van der Waals surface area (Å²) in [4.78, 5) is 2.65. The van der Waals surface area contributed by atoms with Crippen LogP contribution in [-0.2, 0) is 0 Å². The SMILES string of the molecule is CC1CCC2(C)C1c1cc(-c3ccc4ccc5c(-c6ccccc6)ccc6ccc3c4c65)ccc1N2c1ccccc1. The van der Waals surface area contributed by atoms with Crippen molar-refractivity contribution in [1.82, 2.24) is 0 Å². The summed E-state index contributed by atoms with van der Waals surface area (Å²) in [6.07, 6.45) is 2.50. The van der Waals surface area contributed by atoms with Crippen LogP contribution in [0.1, 0.15) is 38.2 Å². The molecule has 0 spiro atoms. The third kappa shape index (κ3) is 3.20. The van der Waals surface area contributed by atoms with E-state index in [4.69, 9.17) is 0 Å². The zero-order valence-corrected chi connectivity index (χ0v) is 24.1. The normalized spacial score (nSPS) is 21.4. The number of anilines is 2. The maximum atomic E-state index is 2.65. The molecule has 1 aliphatic carbocycles. The van der Waals surface area contributed by atoms with Gasteiger partial charge in [-0.05, 0) is 110 Å². The zero-order valence-electron chi connectivity index (χ0n) is 24.1. The van der Waals surface area contributed by atoms with E-state index in [0.717, 1.165) is 0 Å². The van der Waals surface area contributed by atoms with Crippen LogP contribution in [0.25, 0.3) is 54.6 Å². The lowest BCUT2D eigenvalue weighted by atomic mass is 9.81. The third-order valence-electron chi connectivity index (χ3n) is 10.5. The van der Waals surface area contributed by atoms with Crippen LogP contribution in [0.2, 0.25) is 0 Å². The Morgan fingerprint density at radius 3 is 1.88 bits per heavy atom. The van der Waals surface area contributed by atoms with E-state index in [1.807, 2.05) is 0 Å². The quantitative estimate of drug-likeness (QED) is 0.202. The summed E-state index contributed by atoms with van der Waals surface area (Å²) in [6.45, 7) is 4.95. The Balaban J connectivity index is 1.26. The minimum absolute atomic E-state index is 0.109. The predicted molar refractivity (Wildman–Crippen MR) is 179 cm³/mol. The first-order chi connectivity index (χ1) is 20.6. The second-order valence-corrected chi connectivity index (χ2v) is 12.8. The molecular formula is C41H33N. The average Bonchev–Trinajstić information content (AvgIpc) is 3.48. The molecule has 202 valence electrons. The molecule has 1 heteroatoms. The van der Waals surface area contributed by atoms with Crippen molar-refractivity contribution in [2.45, 2.75) is 38.1 Å². The lowest BCUT2D eigenvalue weighted by Crippen LogP contribution is -2.40. The molecule has 1 heterocycles. The third-order valence-corrected chi connectivity index (χ3v) is 10.5. The van der Waals surface area contributed by atoms with Gasteiger partial charge in [-0.2, -0.15) is 0 Å². The lowest BCUT2D eigenvalue weighted by molar-refractivity contribution is 0.414. The van der Waals surface area contributed by atoms with Crippen molar-refractivity contribution in [3.8, 4) is 22.3 Å². The topological polar surface area (TPSA) is 3.24 Å². The highest BCUT2D eigenvalue weighted by Gasteiger charge is 2.54. The van der Waals surface area contributed by atoms with Gasteiger partial charge in [-0.25, -0.2) is 0 Å². The van der Waals surface area contributed by atoms with Gasteiger partial charge in [0.05, 0.1) is 0 Å². The molecule has 0 saturated heterocycles. The molecule has 1 fully saturated rings. The highest BCUT2D eigenvalue weighted by Crippen LogP contribution is 2.61. The van der Waals surface area contributed by atoms with E-state index in [1.165, 1.54) is 84.4 Å². The van der Waals surface area contributed by atoms with Crippen molar-refractivity contribution in [3.63, 3.8) is 0 Å². The van der Waals surface area contributed by atoms with Gasteiger partial charge in [0.1, 0.15) is 0 Å². The molecule has 0 N–H and O–H groups in total. The first-order valence-electron chi connectivity index (χ1n) is 15.4. The predicted octanol–water partition coefficient (Wildman–Crippen LogP) is 11.3. The van der Waals surface area contributed by atoms with Crippen LogP contribution in [0.15, 0.2) is 127 Å². The van der Waals surface area contributed by atoms with Gasteiger partial charge in [-0.3, -0.25) is 0 Å². The summed E-state index contributed by atoms with van der Waals surface area (Å²) in [5, 5.41) is 8.05. The van der Waals surface area contributed by atoms with Crippen LogP contribution in [-0.4, -0.2) is 5.54 Å². The molecule has 0 amide bonds. The fourth-order valence-electron chi connectivity index (χ4n) is 8.73. The van der Waals surface area contributed by atoms with Gasteiger partial charge in [-0.15, -0.1) is 0 Å². The van der Waals surface area contributed by atoms with E-state index in [2.05, 4.69) is 146 Å². The summed E-state index contributed by atoms with van der Waals surface area (Å²) < 4.78 is 0. The number of benzene rings is 7. The van der Waals surface area contributed by atoms with Gasteiger partial charge in [-0.1, -0.05) is 110 Å². The van der Waals surface area contributed by atoms with Crippen LogP contribution in [0.3, 0.4) is 0 Å². The van der Waals surface area contributed by atoms with Gasteiger partial charge in [0, 0.05) is 22.8 Å². The Morgan fingerprint density at radius 1 is 0.619 bits per heavy atom. The lowest BCUT2D eigenvalue weighted by Gasteiger charge is -2.38. The molecule has 0 radical (unpaired) electrons. The highest BCUT2D eigenvalue weighted by molar-refractivity contribution is 6.27. The van der Waals surface area contributed by atoms with Crippen LogP contribution in [0.4, 0.5) is 11.4 Å². The summed E-state index contributed by atoms with van der Waals surface area (Å²) >= 11 is 0. The van der Waals surface area contributed by atoms with E-state index in [9.17, 15) is 0 Å². The standard InChI is InChI=1S/C41H33N/c1-26-23-24-41(2)40(26)36-25-30(17-22-37(36)42(41)31-11-7-4-8-12-31)33-19-14-29-15-20-34-32(27-9-5-3-6-10-27)18-13-28-16-21-35(33)39(29)38(28)34/h3-22,25-26,40H,23-24H2,1-2H3. The molecule has 7 aromatic carbocycles. The summed E-state index contributed by atoms with van der Waals surface area (Å²) in [5.41, 5.74) is 9.54. The van der Waals surface area contributed by atoms with Crippen molar-refractivity contribution >= 4 is 43.7 Å². The molecule has 1 nitrogen and oxygen atoms in total. The van der Waals surface area contributed by atoms with Gasteiger partial charge in [0.2, 0.25) is 0 Å². The van der Waals surface area contributed by atoms with Crippen molar-refractivity contribution in [3.05, 3.63) is 133 Å².